The highest BCUT2D eigenvalue weighted by Gasteiger charge is 2.27. The zero-order valence-electron chi connectivity index (χ0n) is 9.14. The first-order valence-electron chi connectivity index (χ1n) is 5.10. The Morgan fingerprint density at radius 1 is 1.50 bits per heavy atom. The quantitative estimate of drug-likeness (QED) is 0.685. The van der Waals surface area contributed by atoms with Crippen LogP contribution in [0.5, 0.6) is 0 Å². The number of nitrogens with two attached hydrogens (primary N) is 1. The van der Waals surface area contributed by atoms with Crippen LogP contribution >= 0.6 is 11.8 Å². The summed E-state index contributed by atoms with van der Waals surface area (Å²) in [6.45, 7) is 1.97. The van der Waals surface area contributed by atoms with Gasteiger partial charge in [0.25, 0.3) is 0 Å². The minimum absolute atomic E-state index is 0.0111. The van der Waals surface area contributed by atoms with Gasteiger partial charge < -0.3 is 11.1 Å². The third-order valence-electron chi connectivity index (χ3n) is 1.87. The molecule has 0 heterocycles. The minimum Gasteiger partial charge on any atom is -0.354 e. The molecule has 3 nitrogen and oxygen atoms in total. The molecule has 0 saturated carbocycles. The Hall–Kier alpha value is -0.430. The molecule has 0 bridgehead atoms. The van der Waals surface area contributed by atoms with Crippen LogP contribution < -0.4 is 11.1 Å². The lowest BCUT2D eigenvalue weighted by atomic mass is 10.1. The number of thioether (sulfide) groups is 1. The third kappa shape index (κ3) is 8.84. The first-order chi connectivity index (χ1) is 7.37. The second-order valence-corrected chi connectivity index (χ2v) is 4.49. The van der Waals surface area contributed by atoms with Gasteiger partial charge in [0.15, 0.2) is 0 Å². The number of halogens is 3. The second kappa shape index (κ2) is 7.78. The summed E-state index contributed by atoms with van der Waals surface area (Å²) >= 11 is -0.150. The van der Waals surface area contributed by atoms with Crippen LogP contribution in [0.2, 0.25) is 0 Å². The fraction of sp³-hybridized carbons (Fsp3) is 0.889. The number of unbranched alkanes of at least 4 members (excludes halogenated alkanes) is 1. The van der Waals surface area contributed by atoms with E-state index < -0.39 is 11.6 Å². The van der Waals surface area contributed by atoms with Crippen LogP contribution in [0.25, 0.3) is 0 Å². The van der Waals surface area contributed by atoms with Crippen molar-refractivity contribution in [1.29, 1.82) is 0 Å². The van der Waals surface area contributed by atoms with Crippen molar-refractivity contribution in [3.05, 3.63) is 0 Å². The number of hydrogen-bond donors (Lipinski definition) is 2. The van der Waals surface area contributed by atoms with E-state index in [1.165, 1.54) is 0 Å². The maximum absolute atomic E-state index is 11.7. The van der Waals surface area contributed by atoms with E-state index in [1.54, 1.807) is 0 Å². The van der Waals surface area contributed by atoms with E-state index in [0.29, 0.717) is 6.42 Å². The Labute approximate surface area is 97.3 Å². The van der Waals surface area contributed by atoms with Gasteiger partial charge in [-0.05, 0) is 18.2 Å². The van der Waals surface area contributed by atoms with E-state index >= 15 is 0 Å². The first kappa shape index (κ1) is 15.6. The molecule has 0 aliphatic carbocycles. The minimum atomic E-state index is -4.24. The van der Waals surface area contributed by atoms with E-state index in [9.17, 15) is 18.0 Å². The Bertz CT molecular complexity index is 211. The Kier molecular flexibility index (Phi) is 7.57. The highest BCUT2D eigenvalue weighted by molar-refractivity contribution is 8.00. The number of carbonyl (C=O) groups is 1. The van der Waals surface area contributed by atoms with Crippen LogP contribution in [0.15, 0.2) is 0 Å². The van der Waals surface area contributed by atoms with E-state index in [2.05, 4.69) is 5.32 Å². The van der Waals surface area contributed by atoms with Crippen molar-refractivity contribution in [1.82, 2.24) is 5.32 Å². The van der Waals surface area contributed by atoms with Gasteiger partial charge in [0.1, 0.15) is 0 Å². The van der Waals surface area contributed by atoms with Crippen molar-refractivity contribution in [2.24, 2.45) is 5.73 Å². The molecule has 0 aliphatic heterocycles. The molecule has 0 aromatic heterocycles. The van der Waals surface area contributed by atoms with Gasteiger partial charge in [-0.3, -0.25) is 4.79 Å². The van der Waals surface area contributed by atoms with Crippen molar-refractivity contribution in [2.75, 3.05) is 12.3 Å². The Morgan fingerprint density at radius 3 is 2.62 bits per heavy atom. The van der Waals surface area contributed by atoms with Crippen LogP contribution in [0.3, 0.4) is 0 Å². The number of amides is 1. The molecule has 0 rings (SSSR count). The van der Waals surface area contributed by atoms with E-state index in [-0.39, 0.29) is 30.0 Å². The number of alkyl halides is 3. The molecule has 0 aromatic rings. The van der Waals surface area contributed by atoms with Gasteiger partial charge in [-0.25, -0.2) is 0 Å². The van der Waals surface area contributed by atoms with Crippen LogP contribution in [-0.4, -0.2) is 29.8 Å². The van der Waals surface area contributed by atoms with Crippen molar-refractivity contribution < 1.29 is 18.0 Å². The maximum atomic E-state index is 11.7. The highest BCUT2D eigenvalue weighted by Crippen LogP contribution is 2.29. The van der Waals surface area contributed by atoms with Gasteiger partial charge in [0.2, 0.25) is 5.91 Å². The predicted molar refractivity (Wildman–Crippen MR) is 59.0 cm³/mol. The molecule has 0 spiro atoms. The molecule has 0 unspecified atom stereocenters. The fourth-order valence-electron chi connectivity index (χ4n) is 1.03. The van der Waals surface area contributed by atoms with Crippen molar-refractivity contribution in [2.45, 2.75) is 37.7 Å². The average Bonchev–Trinajstić information content (AvgIpc) is 2.19. The monoisotopic (exact) mass is 258 g/mol. The van der Waals surface area contributed by atoms with Gasteiger partial charge in [0.05, 0.1) is 6.04 Å². The molecular formula is C9H17F3N2OS. The van der Waals surface area contributed by atoms with E-state index in [0.717, 1.165) is 12.8 Å². The Balaban J connectivity index is 3.57. The summed E-state index contributed by atoms with van der Waals surface area (Å²) in [5, 5.41) is 2.38. The number of hydrogen-bond acceptors (Lipinski definition) is 3. The molecule has 0 aliphatic rings. The van der Waals surface area contributed by atoms with Gasteiger partial charge in [-0.1, -0.05) is 19.8 Å². The third-order valence-corrected chi connectivity index (χ3v) is 2.61. The fourth-order valence-corrected chi connectivity index (χ4v) is 1.46. The van der Waals surface area contributed by atoms with Crippen molar-refractivity contribution >= 4 is 17.7 Å². The smallest absolute Gasteiger partial charge is 0.354 e. The summed E-state index contributed by atoms with van der Waals surface area (Å²) < 4.78 is 35.2. The summed E-state index contributed by atoms with van der Waals surface area (Å²) in [6.07, 6.45) is 2.34. The molecule has 16 heavy (non-hydrogen) atoms. The van der Waals surface area contributed by atoms with Crippen LogP contribution in [0.1, 0.15) is 26.2 Å². The van der Waals surface area contributed by atoms with Gasteiger partial charge in [-0.15, -0.1) is 0 Å². The molecule has 7 heteroatoms. The van der Waals surface area contributed by atoms with Crippen LogP contribution in [0.4, 0.5) is 13.2 Å². The summed E-state index contributed by atoms with van der Waals surface area (Å²) in [5.41, 5.74) is 1.29. The van der Waals surface area contributed by atoms with Crippen molar-refractivity contribution in [3.63, 3.8) is 0 Å². The van der Waals surface area contributed by atoms with E-state index in [1.807, 2.05) is 6.92 Å². The molecule has 1 atom stereocenters. The summed E-state index contributed by atoms with van der Waals surface area (Å²) in [4.78, 5) is 11.2. The number of carbonyl (C=O) groups excluding carboxylic acids is 1. The van der Waals surface area contributed by atoms with Crippen LogP contribution in [0, 0.1) is 0 Å². The second-order valence-electron chi connectivity index (χ2n) is 3.33. The average molecular weight is 258 g/mol. The first-order valence-corrected chi connectivity index (χ1v) is 6.09. The number of rotatable bonds is 7. The molecule has 96 valence electrons. The van der Waals surface area contributed by atoms with Crippen LogP contribution in [-0.2, 0) is 4.79 Å². The summed E-state index contributed by atoms with van der Waals surface area (Å²) in [5.74, 6) is -0.563. The van der Waals surface area contributed by atoms with E-state index in [4.69, 9.17) is 5.73 Å². The zero-order valence-corrected chi connectivity index (χ0v) is 9.96. The Morgan fingerprint density at radius 2 is 2.12 bits per heavy atom. The summed E-state index contributed by atoms with van der Waals surface area (Å²) in [6, 6.07) is -0.615. The molecule has 0 radical (unpaired) electrons. The number of nitrogens with one attached hydrogen (secondary N) is 1. The molecule has 1 amide bonds. The topological polar surface area (TPSA) is 55.1 Å². The van der Waals surface area contributed by atoms with Crippen molar-refractivity contribution in [3.8, 4) is 0 Å². The lowest BCUT2D eigenvalue weighted by molar-refractivity contribution is -0.122. The maximum Gasteiger partial charge on any atom is 0.441 e. The standard InChI is InChI=1S/C9H17F3N2OS/c1-2-3-4-7(13)8(15)14-5-6-16-9(10,11)12/h7H,2-6,13H2,1H3,(H,14,15)/t7-/m0/s1. The normalized spacial score (nSPS) is 13.6. The summed E-state index contributed by atoms with van der Waals surface area (Å²) in [7, 11) is 0. The molecule has 0 aromatic carbocycles. The molecular weight excluding hydrogens is 241 g/mol. The molecule has 3 N–H and O–H groups in total. The van der Waals surface area contributed by atoms with Gasteiger partial charge >= 0.3 is 5.51 Å². The van der Waals surface area contributed by atoms with Gasteiger partial charge in [-0.2, -0.15) is 13.2 Å². The lowest BCUT2D eigenvalue weighted by Gasteiger charge is -2.11. The molecule has 0 saturated heterocycles. The predicted octanol–water partition coefficient (Wildman–Crippen LogP) is 1.87. The lowest BCUT2D eigenvalue weighted by Crippen LogP contribution is -2.41. The SMILES string of the molecule is CCCC[C@H](N)C(=O)NCCSC(F)(F)F. The largest absolute Gasteiger partial charge is 0.441 e. The molecule has 0 fully saturated rings. The highest BCUT2D eigenvalue weighted by atomic mass is 32.2. The zero-order chi connectivity index (χ0) is 12.6. The van der Waals surface area contributed by atoms with Gasteiger partial charge in [0, 0.05) is 12.3 Å².